The standard InChI is InChI=1S/C15H21FO/c1-4-15(5-2)12(9-14(15)17)11-7-6-10(3)13(16)8-11/h6-8,12,14,17H,4-5,9H2,1-3H3. The molecule has 1 N–H and O–H groups in total. The molecular formula is C15H21FO. The maximum absolute atomic E-state index is 13.6. The summed E-state index contributed by atoms with van der Waals surface area (Å²) in [5.74, 6) is 0.174. The molecule has 0 amide bonds. The van der Waals surface area contributed by atoms with Gasteiger partial charge < -0.3 is 5.11 Å². The molecule has 1 aliphatic rings. The second-order valence-corrected chi connectivity index (χ2v) is 5.25. The molecule has 94 valence electrons. The molecule has 2 heteroatoms. The number of hydrogen-bond acceptors (Lipinski definition) is 1. The Bertz CT molecular complexity index is 409. The van der Waals surface area contributed by atoms with E-state index in [0.717, 1.165) is 24.8 Å². The third-order valence-electron chi connectivity index (χ3n) is 4.73. The van der Waals surface area contributed by atoms with Gasteiger partial charge in [0.2, 0.25) is 0 Å². The van der Waals surface area contributed by atoms with Crippen LogP contribution >= 0.6 is 0 Å². The summed E-state index contributed by atoms with van der Waals surface area (Å²) in [6, 6.07) is 5.49. The van der Waals surface area contributed by atoms with Gasteiger partial charge in [0.1, 0.15) is 5.82 Å². The molecule has 0 saturated heterocycles. The SMILES string of the molecule is CCC1(CC)C(O)CC1c1ccc(C)c(F)c1. The van der Waals surface area contributed by atoms with Crippen LogP contribution in [0.4, 0.5) is 4.39 Å². The van der Waals surface area contributed by atoms with Crippen molar-refractivity contribution in [1.82, 2.24) is 0 Å². The van der Waals surface area contributed by atoms with Crippen molar-refractivity contribution in [1.29, 1.82) is 0 Å². The molecule has 17 heavy (non-hydrogen) atoms. The smallest absolute Gasteiger partial charge is 0.126 e. The van der Waals surface area contributed by atoms with E-state index in [1.807, 2.05) is 12.1 Å². The fraction of sp³-hybridized carbons (Fsp3) is 0.600. The maximum atomic E-state index is 13.6. The highest BCUT2D eigenvalue weighted by atomic mass is 19.1. The number of halogens is 1. The molecule has 0 heterocycles. The van der Waals surface area contributed by atoms with E-state index >= 15 is 0 Å². The van der Waals surface area contributed by atoms with Crippen molar-refractivity contribution < 1.29 is 9.50 Å². The second kappa shape index (κ2) is 4.41. The maximum Gasteiger partial charge on any atom is 0.126 e. The van der Waals surface area contributed by atoms with Gasteiger partial charge >= 0.3 is 0 Å². The Labute approximate surface area is 103 Å². The van der Waals surface area contributed by atoms with Gasteiger partial charge in [-0.3, -0.25) is 0 Å². The van der Waals surface area contributed by atoms with Crippen LogP contribution in [0.25, 0.3) is 0 Å². The molecule has 1 nitrogen and oxygen atoms in total. The van der Waals surface area contributed by atoms with Gasteiger partial charge in [0.25, 0.3) is 0 Å². The van der Waals surface area contributed by atoms with Crippen LogP contribution in [0, 0.1) is 18.2 Å². The molecule has 0 spiro atoms. The highest BCUT2D eigenvalue weighted by molar-refractivity contribution is 5.31. The Morgan fingerprint density at radius 3 is 2.47 bits per heavy atom. The molecule has 2 unspecified atom stereocenters. The number of benzene rings is 1. The van der Waals surface area contributed by atoms with Crippen molar-refractivity contribution in [2.45, 2.75) is 52.1 Å². The summed E-state index contributed by atoms with van der Waals surface area (Å²) < 4.78 is 13.6. The summed E-state index contributed by atoms with van der Waals surface area (Å²) in [4.78, 5) is 0. The molecular weight excluding hydrogens is 215 g/mol. The van der Waals surface area contributed by atoms with E-state index in [1.165, 1.54) is 0 Å². The van der Waals surface area contributed by atoms with Gasteiger partial charge in [0.05, 0.1) is 6.10 Å². The average molecular weight is 236 g/mol. The first-order chi connectivity index (χ1) is 8.05. The van der Waals surface area contributed by atoms with Crippen LogP contribution in [0.3, 0.4) is 0 Å². The van der Waals surface area contributed by atoms with Gasteiger partial charge in [0.15, 0.2) is 0 Å². The van der Waals surface area contributed by atoms with Gasteiger partial charge in [0, 0.05) is 5.41 Å². The number of aryl methyl sites for hydroxylation is 1. The van der Waals surface area contributed by atoms with Crippen LogP contribution in [-0.4, -0.2) is 11.2 Å². The Kier molecular flexibility index (Phi) is 3.26. The minimum Gasteiger partial charge on any atom is -0.393 e. The first-order valence-electron chi connectivity index (χ1n) is 6.49. The van der Waals surface area contributed by atoms with Crippen molar-refractivity contribution in [3.05, 3.63) is 35.1 Å². The van der Waals surface area contributed by atoms with E-state index in [9.17, 15) is 9.50 Å². The Morgan fingerprint density at radius 1 is 1.35 bits per heavy atom. The lowest BCUT2D eigenvalue weighted by atomic mass is 9.53. The second-order valence-electron chi connectivity index (χ2n) is 5.25. The summed E-state index contributed by atoms with van der Waals surface area (Å²) in [5, 5.41) is 10.0. The average Bonchev–Trinajstić information content (AvgIpc) is 2.32. The quantitative estimate of drug-likeness (QED) is 0.846. The highest BCUT2D eigenvalue weighted by Gasteiger charge is 2.52. The first kappa shape index (κ1) is 12.6. The van der Waals surface area contributed by atoms with Crippen LogP contribution in [0.2, 0.25) is 0 Å². The van der Waals surface area contributed by atoms with Crippen LogP contribution in [0.5, 0.6) is 0 Å². The van der Waals surface area contributed by atoms with Crippen LogP contribution in [0.15, 0.2) is 18.2 Å². The molecule has 2 rings (SSSR count). The molecule has 1 fully saturated rings. The Hall–Kier alpha value is -0.890. The molecule has 0 aliphatic heterocycles. The zero-order valence-corrected chi connectivity index (χ0v) is 10.8. The van der Waals surface area contributed by atoms with Crippen LogP contribution in [-0.2, 0) is 0 Å². The first-order valence-corrected chi connectivity index (χ1v) is 6.49. The fourth-order valence-electron chi connectivity index (χ4n) is 3.27. The molecule has 1 saturated carbocycles. The molecule has 1 aromatic rings. The van der Waals surface area contributed by atoms with Crippen molar-refractivity contribution in [3.63, 3.8) is 0 Å². The van der Waals surface area contributed by atoms with E-state index in [1.54, 1.807) is 13.0 Å². The van der Waals surface area contributed by atoms with Crippen molar-refractivity contribution in [2.75, 3.05) is 0 Å². The predicted octanol–water partition coefficient (Wildman–Crippen LogP) is 3.79. The van der Waals surface area contributed by atoms with Crippen LogP contribution in [0.1, 0.15) is 50.2 Å². The predicted molar refractivity (Wildman–Crippen MR) is 67.5 cm³/mol. The summed E-state index contributed by atoms with van der Waals surface area (Å²) in [6.45, 7) is 6.01. The van der Waals surface area contributed by atoms with Crippen LogP contribution < -0.4 is 0 Å². The summed E-state index contributed by atoms with van der Waals surface area (Å²) in [5.41, 5.74) is 1.69. The van der Waals surface area contributed by atoms with E-state index in [0.29, 0.717) is 11.5 Å². The number of aliphatic hydroxyl groups excluding tert-OH is 1. The molecule has 1 aliphatic carbocycles. The minimum atomic E-state index is -0.230. The monoisotopic (exact) mass is 236 g/mol. The lowest BCUT2D eigenvalue weighted by Crippen LogP contribution is -2.50. The highest BCUT2D eigenvalue weighted by Crippen LogP contribution is 2.57. The third kappa shape index (κ3) is 1.79. The normalized spacial score (nSPS) is 26.6. The van der Waals surface area contributed by atoms with Crippen molar-refractivity contribution in [2.24, 2.45) is 5.41 Å². The zero-order chi connectivity index (χ0) is 12.6. The molecule has 2 atom stereocenters. The van der Waals surface area contributed by atoms with E-state index < -0.39 is 0 Å². The number of hydrogen-bond donors (Lipinski definition) is 1. The minimum absolute atomic E-state index is 0.0400. The van der Waals surface area contributed by atoms with Gasteiger partial charge in [-0.05, 0) is 49.3 Å². The topological polar surface area (TPSA) is 20.2 Å². The largest absolute Gasteiger partial charge is 0.393 e. The Morgan fingerprint density at radius 2 is 2.00 bits per heavy atom. The van der Waals surface area contributed by atoms with Gasteiger partial charge in [-0.25, -0.2) is 4.39 Å². The number of rotatable bonds is 3. The molecule has 1 aromatic carbocycles. The summed E-state index contributed by atoms with van der Waals surface area (Å²) >= 11 is 0. The summed E-state index contributed by atoms with van der Waals surface area (Å²) in [6.07, 6.45) is 2.44. The third-order valence-corrected chi connectivity index (χ3v) is 4.73. The van der Waals surface area contributed by atoms with E-state index in [2.05, 4.69) is 13.8 Å². The molecule has 0 bridgehead atoms. The lowest BCUT2D eigenvalue weighted by Gasteiger charge is -2.53. The fourth-order valence-corrected chi connectivity index (χ4v) is 3.27. The molecule has 0 radical (unpaired) electrons. The van der Waals surface area contributed by atoms with Crippen molar-refractivity contribution >= 4 is 0 Å². The van der Waals surface area contributed by atoms with Gasteiger partial charge in [-0.2, -0.15) is 0 Å². The van der Waals surface area contributed by atoms with Crippen molar-refractivity contribution in [3.8, 4) is 0 Å². The van der Waals surface area contributed by atoms with E-state index in [4.69, 9.17) is 0 Å². The lowest BCUT2D eigenvalue weighted by molar-refractivity contribution is -0.0932. The number of aliphatic hydroxyl groups is 1. The van der Waals surface area contributed by atoms with Gasteiger partial charge in [-0.1, -0.05) is 26.0 Å². The Balaban J connectivity index is 2.32. The molecule has 0 aromatic heterocycles. The van der Waals surface area contributed by atoms with Gasteiger partial charge in [-0.15, -0.1) is 0 Å². The van der Waals surface area contributed by atoms with E-state index in [-0.39, 0.29) is 17.3 Å². The zero-order valence-electron chi connectivity index (χ0n) is 10.8. The summed E-state index contributed by atoms with van der Waals surface area (Å²) in [7, 11) is 0.